The molecule has 0 aromatic heterocycles. The third-order valence-corrected chi connectivity index (χ3v) is 10.9. The molecule has 0 aliphatic carbocycles. The molecule has 57 heavy (non-hydrogen) atoms. The number of carbonyl (C=O) groups is 1. The van der Waals surface area contributed by atoms with Gasteiger partial charge >= 0.3 is 0 Å². The highest BCUT2D eigenvalue weighted by molar-refractivity contribution is 5.76. The number of ether oxygens (including phenoxy) is 2. The number of amides is 1. The molecule has 7 unspecified atom stereocenters. The predicted octanol–water partition coefficient (Wildman–Crippen LogP) is 9.84. The van der Waals surface area contributed by atoms with E-state index in [0.717, 1.165) is 51.4 Å². The van der Waals surface area contributed by atoms with E-state index in [9.17, 15) is 30.3 Å². The Balaban J connectivity index is 2.32. The fraction of sp³-hybridized carbons (Fsp3) is 0.812. The van der Waals surface area contributed by atoms with Crippen LogP contribution in [0.4, 0.5) is 0 Å². The van der Waals surface area contributed by atoms with Crippen LogP contribution in [0.3, 0.4) is 0 Å². The minimum atomic E-state index is -1.57. The maximum absolute atomic E-state index is 13.0. The van der Waals surface area contributed by atoms with Crippen LogP contribution in [0.1, 0.15) is 194 Å². The van der Waals surface area contributed by atoms with Crippen molar-refractivity contribution >= 4 is 5.91 Å². The standard InChI is InChI=1S/C48H87NO8/c1-3-5-7-9-11-13-15-17-18-19-20-21-22-23-24-26-28-30-32-34-36-38-44(52)49-41(40-56-48-47(55)46(54)45(53)43(39-50)57-48)42(51)37-35-33-31-29-27-25-16-14-12-10-8-6-4-2/h5,7,11,13,27,29,35,37,41-43,45-48,50-51,53-55H,3-4,6,8-10,12,14-26,28,30-34,36,38-40H2,1-2H3,(H,49,52)/b7-5-,13-11-,29-27+,37-35+. The predicted molar refractivity (Wildman–Crippen MR) is 235 cm³/mol. The lowest BCUT2D eigenvalue weighted by Gasteiger charge is -2.40. The molecule has 1 saturated heterocycles. The molecule has 7 atom stereocenters. The fourth-order valence-corrected chi connectivity index (χ4v) is 7.15. The van der Waals surface area contributed by atoms with Crippen LogP contribution in [0.2, 0.25) is 0 Å². The van der Waals surface area contributed by atoms with Gasteiger partial charge in [0.05, 0.1) is 25.4 Å². The third kappa shape index (κ3) is 29.1. The first-order valence-electron chi connectivity index (χ1n) is 23.4. The molecular weight excluding hydrogens is 719 g/mol. The Morgan fingerprint density at radius 2 is 1.11 bits per heavy atom. The van der Waals surface area contributed by atoms with Crippen molar-refractivity contribution in [1.29, 1.82) is 0 Å². The van der Waals surface area contributed by atoms with Gasteiger partial charge in [-0.05, 0) is 57.8 Å². The van der Waals surface area contributed by atoms with E-state index >= 15 is 0 Å². The van der Waals surface area contributed by atoms with Crippen LogP contribution in [0.5, 0.6) is 0 Å². The van der Waals surface area contributed by atoms with Crippen LogP contribution in [0.25, 0.3) is 0 Å². The Hall–Kier alpha value is -1.85. The minimum absolute atomic E-state index is 0.189. The van der Waals surface area contributed by atoms with Gasteiger partial charge in [0.2, 0.25) is 5.91 Å². The number of allylic oxidation sites excluding steroid dienone is 7. The van der Waals surface area contributed by atoms with Crippen LogP contribution in [0, 0.1) is 0 Å². The number of unbranched alkanes of at least 4 members (excludes halogenated alkanes) is 22. The summed E-state index contributed by atoms with van der Waals surface area (Å²) in [6.45, 7) is 3.64. The number of aliphatic hydroxyl groups excluding tert-OH is 5. The SMILES string of the molecule is CC/C=C\C/C=C\CCCCCCCCCCCCCCCCC(=O)NC(COC1OC(CO)C(O)C(O)C1O)C(O)/C=C/CC/C=C/CCCCCCCCC. The van der Waals surface area contributed by atoms with Gasteiger partial charge in [0.1, 0.15) is 24.4 Å². The molecule has 0 bridgehead atoms. The summed E-state index contributed by atoms with van der Waals surface area (Å²) in [5, 5.41) is 54.1. The van der Waals surface area contributed by atoms with Gasteiger partial charge in [-0.2, -0.15) is 0 Å². The van der Waals surface area contributed by atoms with Crippen molar-refractivity contribution in [1.82, 2.24) is 5.32 Å². The first kappa shape index (κ1) is 53.2. The molecular formula is C48H87NO8. The van der Waals surface area contributed by atoms with Crippen LogP contribution in [-0.4, -0.2) is 87.5 Å². The summed E-state index contributed by atoms with van der Waals surface area (Å²) in [6.07, 6.45) is 41.6. The Kier molecular flexibility index (Phi) is 35.8. The zero-order valence-corrected chi connectivity index (χ0v) is 36.3. The highest BCUT2D eigenvalue weighted by Gasteiger charge is 2.44. The van der Waals surface area contributed by atoms with Gasteiger partial charge in [-0.1, -0.05) is 178 Å². The van der Waals surface area contributed by atoms with E-state index in [-0.39, 0.29) is 12.5 Å². The van der Waals surface area contributed by atoms with Gasteiger partial charge < -0.3 is 40.3 Å². The Bertz CT molecular complexity index is 1030. The molecule has 1 rings (SSSR count). The van der Waals surface area contributed by atoms with Crippen molar-refractivity contribution in [3.8, 4) is 0 Å². The van der Waals surface area contributed by atoms with Crippen molar-refractivity contribution in [3.05, 3.63) is 48.6 Å². The number of carbonyl (C=O) groups excluding carboxylic acids is 1. The van der Waals surface area contributed by atoms with E-state index in [1.165, 1.54) is 122 Å². The number of hydrogen-bond acceptors (Lipinski definition) is 8. The molecule has 0 spiro atoms. The average molecular weight is 806 g/mol. The molecule has 0 radical (unpaired) electrons. The summed E-state index contributed by atoms with van der Waals surface area (Å²) in [5.41, 5.74) is 0. The first-order chi connectivity index (χ1) is 27.8. The first-order valence-corrected chi connectivity index (χ1v) is 23.4. The maximum Gasteiger partial charge on any atom is 0.220 e. The lowest BCUT2D eigenvalue weighted by Crippen LogP contribution is -2.60. The van der Waals surface area contributed by atoms with E-state index in [0.29, 0.717) is 6.42 Å². The second kappa shape index (κ2) is 38.4. The number of aliphatic hydroxyl groups is 5. The lowest BCUT2D eigenvalue weighted by molar-refractivity contribution is -0.302. The normalized spacial score (nSPS) is 21.4. The van der Waals surface area contributed by atoms with Crippen molar-refractivity contribution in [2.24, 2.45) is 0 Å². The molecule has 1 heterocycles. The van der Waals surface area contributed by atoms with Gasteiger partial charge in [-0.15, -0.1) is 0 Å². The lowest BCUT2D eigenvalue weighted by atomic mass is 9.99. The van der Waals surface area contributed by atoms with E-state index in [4.69, 9.17) is 9.47 Å². The summed E-state index contributed by atoms with van der Waals surface area (Å²) in [7, 11) is 0. The second-order valence-corrected chi connectivity index (χ2v) is 16.2. The quantitative estimate of drug-likeness (QED) is 0.0267. The largest absolute Gasteiger partial charge is 0.394 e. The molecule has 0 aromatic carbocycles. The van der Waals surface area contributed by atoms with Gasteiger partial charge in [0.15, 0.2) is 6.29 Å². The van der Waals surface area contributed by atoms with Crippen molar-refractivity contribution < 1.29 is 39.8 Å². The summed E-state index contributed by atoms with van der Waals surface area (Å²) >= 11 is 0. The Morgan fingerprint density at radius 1 is 0.614 bits per heavy atom. The smallest absolute Gasteiger partial charge is 0.220 e. The fourth-order valence-electron chi connectivity index (χ4n) is 7.15. The zero-order chi connectivity index (χ0) is 41.6. The van der Waals surface area contributed by atoms with E-state index in [2.05, 4.69) is 55.6 Å². The maximum atomic E-state index is 13.0. The topological polar surface area (TPSA) is 149 Å². The van der Waals surface area contributed by atoms with E-state index in [1.54, 1.807) is 6.08 Å². The van der Waals surface area contributed by atoms with Crippen LogP contribution in [-0.2, 0) is 14.3 Å². The second-order valence-electron chi connectivity index (χ2n) is 16.2. The molecule has 332 valence electrons. The highest BCUT2D eigenvalue weighted by Crippen LogP contribution is 2.22. The molecule has 9 nitrogen and oxygen atoms in total. The zero-order valence-electron chi connectivity index (χ0n) is 36.3. The van der Waals surface area contributed by atoms with Gasteiger partial charge in [-0.3, -0.25) is 4.79 Å². The van der Waals surface area contributed by atoms with Crippen LogP contribution < -0.4 is 5.32 Å². The molecule has 1 aliphatic heterocycles. The van der Waals surface area contributed by atoms with E-state index < -0.39 is 49.5 Å². The number of nitrogens with one attached hydrogen (secondary N) is 1. The van der Waals surface area contributed by atoms with Crippen molar-refractivity contribution in [2.75, 3.05) is 13.2 Å². The Labute approximate surface area is 348 Å². The minimum Gasteiger partial charge on any atom is -0.394 e. The molecule has 9 heteroatoms. The summed E-state index contributed by atoms with van der Waals surface area (Å²) < 4.78 is 11.2. The molecule has 0 saturated carbocycles. The summed E-state index contributed by atoms with van der Waals surface area (Å²) in [5.74, 6) is -0.189. The number of hydrogen-bond donors (Lipinski definition) is 6. The Morgan fingerprint density at radius 3 is 1.67 bits per heavy atom. The summed E-state index contributed by atoms with van der Waals surface area (Å²) in [4.78, 5) is 13.0. The van der Waals surface area contributed by atoms with E-state index in [1.807, 2.05) is 6.08 Å². The van der Waals surface area contributed by atoms with Crippen molar-refractivity contribution in [3.63, 3.8) is 0 Å². The molecule has 1 amide bonds. The van der Waals surface area contributed by atoms with Crippen LogP contribution >= 0.6 is 0 Å². The van der Waals surface area contributed by atoms with Crippen molar-refractivity contribution in [2.45, 2.75) is 236 Å². The molecule has 0 aromatic rings. The number of rotatable bonds is 38. The molecule has 1 fully saturated rings. The monoisotopic (exact) mass is 806 g/mol. The third-order valence-electron chi connectivity index (χ3n) is 10.9. The molecule has 6 N–H and O–H groups in total. The van der Waals surface area contributed by atoms with Gasteiger partial charge in [0.25, 0.3) is 0 Å². The highest BCUT2D eigenvalue weighted by atomic mass is 16.7. The van der Waals surface area contributed by atoms with Gasteiger partial charge in [0, 0.05) is 6.42 Å². The average Bonchev–Trinajstić information content (AvgIpc) is 3.21. The van der Waals surface area contributed by atoms with Crippen LogP contribution in [0.15, 0.2) is 48.6 Å². The molecule has 1 aliphatic rings. The van der Waals surface area contributed by atoms with Gasteiger partial charge in [-0.25, -0.2) is 0 Å². The summed E-state index contributed by atoms with van der Waals surface area (Å²) in [6, 6.07) is -0.820.